The number of hydrogen-bond donors (Lipinski definition) is 1. The van der Waals surface area contributed by atoms with E-state index in [0.717, 1.165) is 22.3 Å². The van der Waals surface area contributed by atoms with Crippen molar-refractivity contribution in [2.45, 2.75) is 4.90 Å². The molecule has 0 atom stereocenters. The van der Waals surface area contributed by atoms with Gasteiger partial charge in [-0.15, -0.1) is 0 Å². The van der Waals surface area contributed by atoms with Crippen molar-refractivity contribution in [3.63, 3.8) is 0 Å². The molecule has 3 aromatic rings. The SMILES string of the molecule is NS(=O)(=O)c1ccc(-c2ccccc2-c2cc(Cl)cc(Cl)c2)cc1. The van der Waals surface area contributed by atoms with E-state index in [0.29, 0.717) is 10.0 Å². The summed E-state index contributed by atoms with van der Waals surface area (Å²) in [7, 11) is -3.71. The zero-order chi connectivity index (χ0) is 17.3. The number of halogens is 2. The summed E-state index contributed by atoms with van der Waals surface area (Å²) in [4.78, 5) is 0.0783. The molecule has 0 bridgehead atoms. The van der Waals surface area contributed by atoms with Crippen molar-refractivity contribution in [3.05, 3.63) is 76.8 Å². The van der Waals surface area contributed by atoms with Crippen LogP contribution in [0.25, 0.3) is 22.3 Å². The molecule has 0 radical (unpaired) electrons. The summed E-state index contributed by atoms with van der Waals surface area (Å²) >= 11 is 12.2. The fourth-order valence-electron chi connectivity index (χ4n) is 2.52. The van der Waals surface area contributed by atoms with E-state index in [4.69, 9.17) is 28.3 Å². The minimum absolute atomic E-state index is 0.0783. The quantitative estimate of drug-likeness (QED) is 0.699. The van der Waals surface area contributed by atoms with E-state index in [1.165, 1.54) is 12.1 Å². The predicted octanol–water partition coefficient (Wildman–Crippen LogP) is 4.97. The standard InChI is InChI=1S/C18H13Cl2NO2S/c19-14-9-13(10-15(20)11-14)18-4-2-1-3-17(18)12-5-7-16(8-6-12)24(21,22)23/h1-11H,(H2,21,22,23). The Labute approximate surface area is 150 Å². The lowest BCUT2D eigenvalue weighted by Crippen LogP contribution is -2.11. The maximum Gasteiger partial charge on any atom is 0.238 e. The predicted molar refractivity (Wildman–Crippen MR) is 98.7 cm³/mol. The molecule has 0 saturated heterocycles. The van der Waals surface area contributed by atoms with Gasteiger partial charge in [-0.1, -0.05) is 59.6 Å². The summed E-state index contributed by atoms with van der Waals surface area (Å²) in [5.74, 6) is 0. The zero-order valence-corrected chi connectivity index (χ0v) is 14.7. The van der Waals surface area contributed by atoms with Crippen molar-refractivity contribution >= 4 is 33.2 Å². The van der Waals surface area contributed by atoms with Crippen LogP contribution in [0.15, 0.2) is 71.6 Å². The van der Waals surface area contributed by atoms with Crippen LogP contribution in [0.3, 0.4) is 0 Å². The minimum atomic E-state index is -3.71. The molecule has 0 aliphatic heterocycles. The van der Waals surface area contributed by atoms with Gasteiger partial charge in [0.05, 0.1) is 4.90 Å². The van der Waals surface area contributed by atoms with E-state index in [2.05, 4.69) is 0 Å². The van der Waals surface area contributed by atoms with E-state index in [1.54, 1.807) is 18.2 Å². The second-order valence-corrected chi connectivity index (χ2v) is 7.71. The molecule has 24 heavy (non-hydrogen) atoms. The van der Waals surface area contributed by atoms with Crippen molar-refractivity contribution in [3.8, 4) is 22.3 Å². The molecule has 0 unspecified atom stereocenters. The van der Waals surface area contributed by atoms with Crippen molar-refractivity contribution in [2.24, 2.45) is 5.14 Å². The number of hydrogen-bond acceptors (Lipinski definition) is 2. The number of nitrogens with two attached hydrogens (primary N) is 1. The third kappa shape index (κ3) is 3.62. The molecular weight excluding hydrogens is 365 g/mol. The first kappa shape index (κ1) is 17.0. The van der Waals surface area contributed by atoms with Gasteiger partial charge >= 0.3 is 0 Å². The molecule has 0 aromatic heterocycles. The number of rotatable bonds is 3. The van der Waals surface area contributed by atoms with Crippen LogP contribution in [0, 0.1) is 0 Å². The van der Waals surface area contributed by atoms with Gasteiger partial charge in [0.2, 0.25) is 10.0 Å². The normalized spacial score (nSPS) is 11.5. The van der Waals surface area contributed by atoms with E-state index >= 15 is 0 Å². The molecule has 6 heteroatoms. The molecule has 3 aromatic carbocycles. The van der Waals surface area contributed by atoms with E-state index in [9.17, 15) is 8.42 Å². The van der Waals surface area contributed by atoms with Gasteiger partial charge in [0.25, 0.3) is 0 Å². The average Bonchev–Trinajstić information content (AvgIpc) is 2.53. The summed E-state index contributed by atoms with van der Waals surface area (Å²) in [6, 6.07) is 19.5. The second-order valence-electron chi connectivity index (χ2n) is 5.27. The molecule has 0 aliphatic carbocycles. The van der Waals surface area contributed by atoms with E-state index in [1.807, 2.05) is 36.4 Å². The first-order valence-electron chi connectivity index (χ1n) is 7.03. The Morgan fingerprint density at radius 2 is 1.21 bits per heavy atom. The lowest BCUT2D eigenvalue weighted by molar-refractivity contribution is 0.598. The van der Waals surface area contributed by atoms with Crippen molar-refractivity contribution in [1.82, 2.24) is 0 Å². The Kier molecular flexibility index (Phi) is 4.65. The van der Waals surface area contributed by atoms with Gasteiger partial charge < -0.3 is 0 Å². The summed E-state index contributed by atoms with van der Waals surface area (Å²) in [5, 5.41) is 6.25. The lowest BCUT2D eigenvalue weighted by Gasteiger charge is -2.11. The average molecular weight is 378 g/mol. The fraction of sp³-hybridized carbons (Fsp3) is 0. The monoisotopic (exact) mass is 377 g/mol. The highest BCUT2D eigenvalue weighted by atomic mass is 35.5. The van der Waals surface area contributed by atoms with Crippen LogP contribution < -0.4 is 5.14 Å². The molecule has 0 spiro atoms. The molecule has 0 amide bonds. The Balaban J connectivity index is 2.13. The highest BCUT2D eigenvalue weighted by Gasteiger charge is 2.11. The van der Waals surface area contributed by atoms with Crippen molar-refractivity contribution in [1.29, 1.82) is 0 Å². The van der Waals surface area contributed by atoms with Crippen LogP contribution >= 0.6 is 23.2 Å². The Hall–Kier alpha value is -1.85. The maximum atomic E-state index is 11.4. The summed E-state index contributed by atoms with van der Waals surface area (Å²) < 4.78 is 22.8. The van der Waals surface area contributed by atoms with Gasteiger partial charge in [0, 0.05) is 10.0 Å². The van der Waals surface area contributed by atoms with Gasteiger partial charge in [-0.2, -0.15) is 0 Å². The highest BCUT2D eigenvalue weighted by Crippen LogP contribution is 2.35. The van der Waals surface area contributed by atoms with Crippen LogP contribution in [0.4, 0.5) is 0 Å². The van der Waals surface area contributed by atoms with Gasteiger partial charge in [-0.3, -0.25) is 0 Å². The summed E-state index contributed by atoms with van der Waals surface area (Å²) in [5.41, 5.74) is 3.65. The summed E-state index contributed by atoms with van der Waals surface area (Å²) in [6.45, 7) is 0. The number of primary sulfonamides is 1. The molecule has 0 aliphatic rings. The van der Waals surface area contributed by atoms with Gasteiger partial charge in [-0.25, -0.2) is 13.6 Å². The topological polar surface area (TPSA) is 60.2 Å². The van der Waals surface area contributed by atoms with E-state index in [-0.39, 0.29) is 4.90 Å². The number of sulfonamides is 1. The second kappa shape index (κ2) is 6.57. The Morgan fingerprint density at radius 1 is 0.708 bits per heavy atom. The molecular formula is C18H13Cl2NO2S. The molecule has 122 valence electrons. The first-order valence-corrected chi connectivity index (χ1v) is 9.33. The number of benzene rings is 3. The molecule has 0 heterocycles. The van der Waals surface area contributed by atoms with Crippen LogP contribution in [0.2, 0.25) is 10.0 Å². The maximum absolute atomic E-state index is 11.4. The van der Waals surface area contributed by atoms with Crippen LogP contribution in [0.1, 0.15) is 0 Å². The van der Waals surface area contributed by atoms with Gasteiger partial charge in [0.1, 0.15) is 0 Å². The summed E-state index contributed by atoms with van der Waals surface area (Å²) in [6.07, 6.45) is 0. The Bertz CT molecular complexity index is 980. The third-order valence-electron chi connectivity index (χ3n) is 3.59. The lowest BCUT2D eigenvalue weighted by atomic mass is 9.95. The molecule has 2 N–H and O–H groups in total. The van der Waals surface area contributed by atoms with Crippen LogP contribution in [0.5, 0.6) is 0 Å². The smallest absolute Gasteiger partial charge is 0.225 e. The molecule has 0 saturated carbocycles. The third-order valence-corrected chi connectivity index (χ3v) is 4.96. The first-order chi connectivity index (χ1) is 11.3. The van der Waals surface area contributed by atoms with Crippen molar-refractivity contribution in [2.75, 3.05) is 0 Å². The van der Waals surface area contributed by atoms with Gasteiger partial charge in [-0.05, 0) is 52.6 Å². The minimum Gasteiger partial charge on any atom is -0.225 e. The zero-order valence-electron chi connectivity index (χ0n) is 12.4. The van der Waals surface area contributed by atoms with Crippen molar-refractivity contribution < 1.29 is 8.42 Å². The molecule has 3 nitrogen and oxygen atoms in total. The highest BCUT2D eigenvalue weighted by molar-refractivity contribution is 7.89. The molecule has 3 rings (SSSR count). The Morgan fingerprint density at radius 3 is 1.71 bits per heavy atom. The van der Waals surface area contributed by atoms with Gasteiger partial charge in [0.15, 0.2) is 0 Å². The fourth-order valence-corrected chi connectivity index (χ4v) is 3.56. The molecule has 0 fully saturated rings. The van der Waals surface area contributed by atoms with E-state index < -0.39 is 10.0 Å². The van der Waals surface area contributed by atoms with Crippen LogP contribution in [-0.2, 0) is 10.0 Å². The van der Waals surface area contributed by atoms with Crippen LogP contribution in [-0.4, -0.2) is 8.42 Å². The largest absolute Gasteiger partial charge is 0.238 e.